The molecule has 0 aromatic carbocycles. The monoisotopic (exact) mass is 243 g/mol. The van der Waals surface area contributed by atoms with Gasteiger partial charge in [0.2, 0.25) is 0 Å². The van der Waals surface area contributed by atoms with E-state index in [4.69, 9.17) is 9.47 Å². The van der Waals surface area contributed by atoms with Crippen molar-refractivity contribution < 1.29 is 19.4 Å². The summed E-state index contributed by atoms with van der Waals surface area (Å²) < 4.78 is 10.7. The molecule has 1 heterocycles. The number of amides is 1. The highest BCUT2D eigenvalue weighted by molar-refractivity contribution is 5.68. The molecule has 1 saturated heterocycles. The summed E-state index contributed by atoms with van der Waals surface area (Å²) in [4.78, 5) is 13.6. The number of hydrogen-bond donors (Lipinski definition) is 1. The van der Waals surface area contributed by atoms with Crippen LogP contribution in [0, 0.1) is 5.92 Å². The lowest BCUT2D eigenvalue weighted by atomic mass is 9.95. The van der Waals surface area contributed by atoms with Crippen molar-refractivity contribution in [3.8, 4) is 0 Å². The molecule has 1 saturated carbocycles. The molecule has 2 aliphatic rings. The van der Waals surface area contributed by atoms with Crippen molar-refractivity contribution in [2.45, 2.75) is 37.9 Å². The van der Waals surface area contributed by atoms with Crippen molar-refractivity contribution in [1.29, 1.82) is 0 Å². The largest absolute Gasteiger partial charge is 0.443 e. The summed E-state index contributed by atoms with van der Waals surface area (Å²) in [6.07, 6.45) is 2.34. The van der Waals surface area contributed by atoms with Gasteiger partial charge < -0.3 is 19.5 Å². The average molecular weight is 243 g/mol. The van der Waals surface area contributed by atoms with E-state index >= 15 is 0 Å². The van der Waals surface area contributed by atoms with Gasteiger partial charge in [0, 0.05) is 26.2 Å². The Morgan fingerprint density at radius 1 is 1.53 bits per heavy atom. The summed E-state index contributed by atoms with van der Waals surface area (Å²) >= 11 is 0. The molecule has 1 aliphatic heterocycles. The third-order valence-electron chi connectivity index (χ3n) is 3.78. The van der Waals surface area contributed by atoms with Crippen LogP contribution in [0.4, 0.5) is 4.79 Å². The minimum absolute atomic E-state index is 0.0895. The molecular weight excluding hydrogens is 222 g/mol. The molecule has 0 bridgehead atoms. The van der Waals surface area contributed by atoms with Crippen LogP contribution in [-0.2, 0) is 9.47 Å². The lowest BCUT2D eigenvalue weighted by molar-refractivity contribution is -0.0343. The Morgan fingerprint density at radius 3 is 2.76 bits per heavy atom. The predicted octanol–water partition coefficient (Wildman–Crippen LogP) is 1.00. The van der Waals surface area contributed by atoms with Gasteiger partial charge in [0.1, 0.15) is 5.60 Å². The molecule has 1 amide bonds. The minimum atomic E-state index is -0.247. The van der Waals surface area contributed by atoms with Gasteiger partial charge in [-0.2, -0.15) is 0 Å². The van der Waals surface area contributed by atoms with E-state index in [-0.39, 0.29) is 30.3 Å². The average Bonchev–Trinajstić information content (AvgIpc) is 3.05. The number of ether oxygens (including phenoxy) is 2. The Kier molecular flexibility index (Phi) is 3.58. The normalized spacial score (nSPS) is 31.1. The summed E-state index contributed by atoms with van der Waals surface area (Å²) in [5, 5.41) is 9.20. The maximum atomic E-state index is 11.9. The summed E-state index contributed by atoms with van der Waals surface area (Å²) in [5.74, 6) is 0.126. The Bertz CT molecular complexity index is 290. The lowest BCUT2D eigenvalue weighted by Gasteiger charge is -2.36. The first-order valence-electron chi connectivity index (χ1n) is 6.19. The summed E-state index contributed by atoms with van der Waals surface area (Å²) in [7, 11) is 1.62. The first-order chi connectivity index (χ1) is 8.08. The molecule has 5 heteroatoms. The number of piperidine rings is 1. The third-order valence-corrected chi connectivity index (χ3v) is 3.78. The van der Waals surface area contributed by atoms with Crippen LogP contribution in [0.5, 0.6) is 0 Å². The highest BCUT2D eigenvalue weighted by Gasteiger charge is 2.43. The molecule has 2 rings (SSSR count). The van der Waals surface area contributed by atoms with E-state index in [0.717, 1.165) is 19.3 Å². The molecule has 5 nitrogen and oxygen atoms in total. The summed E-state index contributed by atoms with van der Waals surface area (Å²) in [6.45, 7) is 3.22. The van der Waals surface area contributed by atoms with E-state index in [1.54, 1.807) is 12.0 Å². The Balaban J connectivity index is 1.87. The molecule has 0 aromatic rings. The highest BCUT2D eigenvalue weighted by atomic mass is 16.6. The van der Waals surface area contributed by atoms with Crippen molar-refractivity contribution in [2.75, 3.05) is 26.8 Å². The zero-order valence-corrected chi connectivity index (χ0v) is 10.5. The van der Waals surface area contributed by atoms with Crippen LogP contribution >= 0.6 is 0 Å². The second kappa shape index (κ2) is 4.82. The fourth-order valence-corrected chi connectivity index (χ4v) is 2.16. The number of carbonyl (C=O) groups is 1. The Labute approximate surface area is 102 Å². The lowest BCUT2D eigenvalue weighted by Crippen LogP contribution is -2.49. The quantitative estimate of drug-likeness (QED) is 0.803. The van der Waals surface area contributed by atoms with Crippen molar-refractivity contribution in [1.82, 2.24) is 4.90 Å². The van der Waals surface area contributed by atoms with Crippen molar-refractivity contribution in [2.24, 2.45) is 5.92 Å². The molecule has 0 radical (unpaired) electrons. The van der Waals surface area contributed by atoms with Crippen LogP contribution in [0.1, 0.15) is 26.2 Å². The summed E-state index contributed by atoms with van der Waals surface area (Å²) in [6, 6.07) is 0. The maximum absolute atomic E-state index is 11.9. The van der Waals surface area contributed by atoms with E-state index in [1.165, 1.54) is 0 Å². The molecule has 2 fully saturated rings. The first kappa shape index (κ1) is 12.6. The molecule has 1 aliphatic carbocycles. The molecule has 0 aromatic heterocycles. The molecule has 2 atom stereocenters. The van der Waals surface area contributed by atoms with Crippen LogP contribution < -0.4 is 0 Å². The molecule has 2 unspecified atom stereocenters. The van der Waals surface area contributed by atoms with Gasteiger partial charge >= 0.3 is 6.09 Å². The van der Waals surface area contributed by atoms with Crippen LogP contribution in [0.3, 0.4) is 0 Å². The van der Waals surface area contributed by atoms with Gasteiger partial charge in [-0.05, 0) is 26.2 Å². The van der Waals surface area contributed by atoms with E-state index in [9.17, 15) is 9.90 Å². The zero-order valence-electron chi connectivity index (χ0n) is 10.5. The second-order valence-electron chi connectivity index (χ2n) is 5.27. The van der Waals surface area contributed by atoms with Crippen LogP contribution in [0.2, 0.25) is 0 Å². The predicted molar refractivity (Wildman–Crippen MR) is 61.7 cm³/mol. The van der Waals surface area contributed by atoms with Gasteiger partial charge in [-0.1, -0.05) is 0 Å². The van der Waals surface area contributed by atoms with E-state index in [0.29, 0.717) is 13.1 Å². The fourth-order valence-electron chi connectivity index (χ4n) is 2.16. The van der Waals surface area contributed by atoms with Crippen LogP contribution in [0.15, 0.2) is 0 Å². The van der Waals surface area contributed by atoms with E-state index in [2.05, 4.69) is 0 Å². The number of nitrogens with zero attached hydrogens (tertiary/aromatic N) is 1. The number of hydrogen-bond acceptors (Lipinski definition) is 4. The first-order valence-corrected chi connectivity index (χ1v) is 6.19. The molecule has 0 spiro atoms. The molecule has 1 N–H and O–H groups in total. The number of aliphatic hydroxyl groups excluding tert-OH is 1. The van der Waals surface area contributed by atoms with Gasteiger partial charge in [-0.25, -0.2) is 4.79 Å². The number of carbonyl (C=O) groups excluding carboxylic acids is 1. The SMILES string of the molecule is COC1CN(C(=O)OC2(C)CC2)CCC1CO. The molecule has 17 heavy (non-hydrogen) atoms. The van der Waals surface area contributed by atoms with Crippen molar-refractivity contribution >= 4 is 6.09 Å². The fraction of sp³-hybridized carbons (Fsp3) is 0.917. The number of aliphatic hydroxyl groups is 1. The van der Waals surface area contributed by atoms with Gasteiger partial charge in [0.25, 0.3) is 0 Å². The summed E-state index contributed by atoms with van der Waals surface area (Å²) in [5.41, 5.74) is -0.229. The van der Waals surface area contributed by atoms with Gasteiger partial charge in [-0.3, -0.25) is 0 Å². The zero-order chi connectivity index (χ0) is 12.5. The maximum Gasteiger partial charge on any atom is 0.410 e. The number of likely N-dealkylation sites (tertiary alicyclic amines) is 1. The number of methoxy groups -OCH3 is 1. The van der Waals surface area contributed by atoms with Crippen molar-refractivity contribution in [3.05, 3.63) is 0 Å². The smallest absolute Gasteiger partial charge is 0.410 e. The third kappa shape index (κ3) is 2.90. The van der Waals surface area contributed by atoms with E-state index < -0.39 is 0 Å². The van der Waals surface area contributed by atoms with Crippen LogP contribution in [0.25, 0.3) is 0 Å². The molecule has 98 valence electrons. The Hall–Kier alpha value is -0.810. The van der Waals surface area contributed by atoms with E-state index in [1.807, 2.05) is 6.92 Å². The number of rotatable bonds is 3. The highest BCUT2D eigenvalue weighted by Crippen LogP contribution is 2.39. The molecular formula is C12H21NO4. The van der Waals surface area contributed by atoms with Crippen LogP contribution in [-0.4, -0.2) is 54.6 Å². The Morgan fingerprint density at radius 2 is 2.24 bits per heavy atom. The minimum Gasteiger partial charge on any atom is -0.443 e. The standard InChI is InChI=1S/C12H21NO4/c1-12(4-5-12)17-11(15)13-6-3-9(8-14)10(7-13)16-2/h9-10,14H,3-8H2,1-2H3. The topological polar surface area (TPSA) is 59.0 Å². The van der Waals surface area contributed by atoms with Gasteiger partial charge in [0.15, 0.2) is 0 Å². The van der Waals surface area contributed by atoms with Crippen molar-refractivity contribution in [3.63, 3.8) is 0 Å². The van der Waals surface area contributed by atoms with Gasteiger partial charge in [0.05, 0.1) is 12.6 Å². The van der Waals surface area contributed by atoms with Gasteiger partial charge in [-0.15, -0.1) is 0 Å². The second-order valence-corrected chi connectivity index (χ2v) is 5.27.